The van der Waals surface area contributed by atoms with E-state index in [2.05, 4.69) is 5.32 Å². The largest absolute Gasteiger partial charge is 0.416 e. The third-order valence-corrected chi connectivity index (χ3v) is 4.38. The number of carbonyl (C=O) groups excluding carboxylic acids is 1. The van der Waals surface area contributed by atoms with E-state index in [1.54, 1.807) is 60.7 Å². The molecule has 2 nitrogen and oxygen atoms in total. The molecule has 1 N–H and O–H groups in total. The van der Waals surface area contributed by atoms with E-state index >= 15 is 0 Å². The van der Waals surface area contributed by atoms with E-state index < -0.39 is 41.0 Å². The third kappa shape index (κ3) is 5.00. The minimum atomic E-state index is -5.00. The molecule has 30 heavy (non-hydrogen) atoms. The van der Waals surface area contributed by atoms with Crippen molar-refractivity contribution in [2.24, 2.45) is 0 Å². The van der Waals surface area contributed by atoms with Crippen LogP contribution in [0.25, 0.3) is 0 Å². The lowest BCUT2D eigenvalue weighted by Crippen LogP contribution is -2.23. The summed E-state index contributed by atoms with van der Waals surface area (Å²) in [7, 11) is 0. The molecule has 0 bridgehead atoms. The molecule has 156 valence electrons. The van der Waals surface area contributed by atoms with Gasteiger partial charge in [0.2, 0.25) is 5.91 Å². The number of anilines is 1. The molecule has 0 aromatic heterocycles. The molecule has 0 aliphatic heterocycles. The number of hydrogen-bond donors (Lipinski definition) is 1. The van der Waals surface area contributed by atoms with E-state index in [4.69, 9.17) is 0 Å². The predicted octanol–water partition coefficient (Wildman–Crippen LogP) is 6.49. The van der Waals surface area contributed by atoms with E-state index in [1.807, 2.05) is 0 Å². The highest BCUT2D eigenvalue weighted by atomic mass is 19.4. The van der Waals surface area contributed by atoms with Crippen LogP contribution in [0.3, 0.4) is 0 Å². The minimum Gasteiger partial charge on any atom is -0.325 e. The Bertz CT molecular complexity index is 942. The highest BCUT2D eigenvalue weighted by Crippen LogP contribution is 2.38. The molecule has 8 heteroatoms. The summed E-state index contributed by atoms with van der Waals surface area (Å²) in [6.45, 7) is 0. The van der Waals surface area contributed by atoms with Gasteiger partial charge in [-0.25, -0.2) is 0 Å². The maximum absolute atomic E-state index is 13.1. The molecule has 0 saturated carbocycles. The molecule has 0 heterocycles. The Morgan fingerprint density at radius 1 is 0.667 bits per heavy atom. The predicted molar refractivity (Wildman–Crippen MR) is 99.8 cm³/mol. The van der Waals surface area contributed by atoms with Crippen molar-refractivity contribution in [2.45, 2.75) is 18.3 Å². The van der Waals surface area contributed by atoms with E-state index in [0.717, 1.165) is 0 Å². The SMILES string of the molecule is O=C(Nc1cc(C(F)(F)F)cc(C(F)(F)F)c1)C(c1ccccc1)c1ccccc1. The molecular weight excluding hydrogens is 408 g/mol. The van der Waals surface area contributed by atoms with Gasteiger partial charge in [-0.2, -0.15) is 26.3 Å². The van der Waals surface area contributed by atoms with Crippen LogP contribution in [-0.4, -0.2) is 5.91 Å². The number of amides is 1. The van der Waals surface area contributed by atoms with Gasteiger partial charge < -0.3 is 5.32 Å². The van der Waals surface area contributed by atoms with Crippen LogP contribution < -0.4 is 5.32 Å². The lowest BCUT2D eigenvalue weighted by atomic mass is 9.90. The van der Waals surface area contributed by atoms with Gasteiger partial charge in [-0.15, -0.1) is 0 Å². The molecule has 0 spiro atoms. The smallest absolute Gasteiger partial charge is 0.325 e. The first-order valence-electron chi connectivity index (χ1n) is 8.76. The average Bonchev–Trinajstić information content (AvgIpc) is 2.68. The molecule has 0 aliphatic carbocycles. The van der Waals surface area contributed by atoms with Crippen molar-refractivity contribution in [1.82, 2.24) is 0 Å². The molecule has 3 rings (SSSR count). The van der Waals surface area contributed by atoms with E-state index in [1.165, 1.54) is 0 Å². The lowest BCUT2D eigenvalue weighted by Gasteiger charge is -2.19. The zero-order valence-corrected chi connectivity index (χ0v) is 15.3. The summed E-state index contributed by atoms with van der Waals surface area (Å²) >= 11 is 0. The maximum atomic E-state index is 13.1. The fraction of sp³-hybridized carbons (Fsp3) is 0.136. The van der Waals surface area contributed by atoms with Gasteiger partial charge in [-0.1, -0.05) is 60.7 Å². The molecule has 0 fully saturated rings. The standard InChI is InChI=1S/C22H15F6NO/c23-21(24,25)16-11-17(22(26,27)28)13-18(12-16)29-20(30)19(14-7-3-1-4-8-14)15-9-5-2-6-10-15/h1-13,19H,(H,29,30). The summed E-state index contributed by atoms with van der Waals surface area (Å²) in [5.74, 6) is -1.67. The Balaban J connectivity index is 2.02. The van der Waals surface area contributed by atoms with Crippen LogP contribution in [0, 0.1) is 0 Å². The molecule has 0 aliphatic rings. The van der Waals surface area contributed by atoms with Crippen molar-refractivity contribution in [1.29, 1.82) is 0 Å². The fourth-order valence-corrected chi connectivity index (χ4v) is 3.03. The lowest BCUT2D eigenvalue weighted by molar-refractivity contribution is -0.143. The molecule has 0 atom stereocenters. The number of carbonyl (C=O) groups is 1. The topological polar surface area (TPSA) is 29.1 Å². The Hall–Kier alpha value is -3.29. The summed E-state index contributed by atoms with van der Waals surface area (Å²) < 4.78 is 78.5. The number of rotatable bonds is 4. The van der Waals surface area contributed by atoms with Gasteiger partial charge in [0.25, 0.3) is 0 Å². The second kappa shape index (κ2) is 8.22. The summed E-state index contributed by atoms with van der Waals surface area (Å²) in [5.41, 5.74) is -2.49. The first-order chi connectivity index (χ1) is 14.1. The molecule has 0 radical (unpaired) electrons. The van der Waals surface area contributed by atoms with E-state index in [-0.39, 0.29) is 6.07 Å². The minimum absolute atomic E-state index is 0.0154. The molecule has 0 saturated heterocycles. The second-order valence-electron chi connectivity index (χ2n) is 6.54. The third-order valence-electron chi connectivity index (χ3n) is 4.38. The molecule has 3 aromatic carbocycles. The van der Waals surface area contributed by atoms with Crippen molar-refractivity contribution in [2.75, 3.05) is 5.32 Å². The first-order valence-corrected chi connectivity index (χ1v) is 8.76. The molecular formula is C22H15F6NO. The van der Waals surface area contributed by atoms with E-state index in [9.17, 15) is 31.1 Å². The van der Waals surface area contributed by atoms with Gasteiger partial charge >= 0.3 is 12.4 Å². The van der Waals surface area contributed by atoms with Crippen molar-refractivity contribution >= 4 is 11.6 Å². The van der Waals surface area contributed by atoms with Gasteiger partial charge in [0.1, 0.15) is 0 Å². The number of nitrogens with one attached hydrogen (secondary N) is 1. The van der Waals surface area contributed by atoms with E-state index in [0.29, 0.717) is 23.3 Å². The van der Waals surface area contributed by atoms with Gasteiger partial charge in [0.05, 0.1) is 17.0 Å². The van der Waals surface area contributed by atoms with Gasteiger partial charge in [0, 0.05) is 5.69 Å². The van der Waals surface area contributed by atoms with Crippen LogP contribution >= 0.6 is 0 Å². The summed E-state index contributed by atoms with van der Waals surface area (Å²) in [5, 5.41) is 2.23. The van der Waals surface area contributed by atoms with Gasteiger partial charge in [0.15, 0.2) is 0 Å². The average molecular weight is 423 g/mol. The maximum Gasteiger partial charge on any atom is 0.416 e. The zero-order valence-electron chi connectivity index (χ0n) is 15.3. The summed E-state index contributed by atoms with van der Waals surface area (Å²) in [4.78, 5) is 13.0. The quantitative estimate of drug-likeness (QED) is 0.477. The van der Waals surface area contributed by atoms with Gasteiger partial charge in [-0.05, 0) is 29.3 Å². The van der Waals surface area contributed by atoms with Crippen LogP contribution in [0.15, 0.2) is 78.9 Å². The van der Waals surface area contributed by atoms with Crippen molar-refractivity contribution < 1.29 is 31.1 Å². The van der Waals surface area contributed by atoms with Crippen LogP contribution in [0.2, 0.25) is 0 Å². The first kappa shape index (κ1) is 21.4. The Kier molecular flexibility index (Phi) is 5.87. The van der Waals surface area contributed by atoms with Crippen molar-refractivity contribution in [3.63, 3.8) is 0 Å². The number of halogens is 6. The number of alkyl halides is 6. The van der Waals surface area contributed by atoms with Crippen LogP contribution in [0.5, 0.6) is 0 Å². The number of hydrogen-bond acceptors (Lipinski definition) is 1. The monoisotopic (exact) mass is 423 g/mol. The highest BCUT2D eigenvalue weighted by molar-refractivity contribution is 5.98. The molecule has 0 unspecified atom stereocenters. The second-order valence-corrected chi connectivity index (χ2v) is 6.54. The molecule has 3 aromatic rings. The van der Waals surface area contributed by atoms with Crippen LogP contribution in [0.1, 0.15) is 28.2 Å². The van der Waals surface area contributed by atoms with Crippen molar-refractivity contribution in [3.8, 4) is 0 Å². The van der Waals surface area contributed by atoms with Gasteiger partial charge in [-0.3, -0.25) is 4.79 Å². The van der Waals surface area contributed by atoms with Crippen LogP contribution in [-0.2, 0) is 17.1 Å². The summed E-state index contributed by atoms with van der Waals surface area (Å²) in [6, 6.07) is 17.8. The Morgan fingerprint density at radius 3 is 1.43 bits per heavy atom. The van der Waals surface area contributed by atoms with Crippen molar-refractivity contribution in [3.05, 3.63) is 101 Å². The normalized spacial score (nSPS) is 12.1. The zero-order chi connectivity index (χ0) is 21.9. The Labute approximate surface area is 168 Å². The highest BCUT2D eigenvalue weighted by Gasteiger charge is 2.37. The summed E-state index contributed by atoms with van der Waals surface area (Å²) in [6.07, 6.45) is -10.0. The van der Waals surface area contributed by atoms with Crippen LogP contribution in [0.4, 0.5) is 32.0 Å². The Morgan fingerprint density at radius 2 is 1.07 bits per heavy atom. The fourth-order valence-electron chi connectivity index (χ4n) is 3.03. The molecule has 1 amide bonds. The number of benzene rings is 3.